The van der Waals surface area contributed by atoms with Crippen LogP contribution in [0.5, 0.6) is 0 Å². The first-order chi connectivity index (χ1) is 11.5. The minimum atomic E-state index is 0.671. The first kappa shape index (κ1) is 17.6. The molecule has 1 saturated heterocycles. The van der Waals surface area contributed by atoms with E-state index in [0.717, 1.165) is 28.1 Å². The third-order valence-electron chi connectivity index (χ3n) is 4.65. The molecule has 2 aromatic rings. The molecule has 1 fully saturated rings. The minimum absolute atomic E-state index is 0.671. The molecule has 132 valence electrons. The van der Waals surface area contributed by atoms with Gasteiger partial charge in [-0.05, 0) is 40.7 Å². The second-order valence-corrected chi connectivity index (χ2v) is 7.86. The average molecular weight is 349 g/mol. The second kappa shape index (κ2) is 7.80. The lowest BCUT2D eigenvalue weighted by atomic mass is 10.2. The molecule has 0 radical (unpaired) electrons. The van der Waals surface area contributed by atoms with Gasteiger partial charge in [-0.1, -0.05) is 11.8 Å². The van der Waals surface area contributed by atoms with E-state index in [9.17, 15) is 0 Å². The van der Waals surface area contributed by atoms with E-state index in [0.29, 0.717) is 6.04 Å². The zero-order valence-electron chi connectivity index (χ0n) is 15.2. The van der Waals surface area contributed by atoms with Gasteiger partial charge in [0.05, 0.1) is 0 Å². The molecule has 3 heterocycles. The normalized spacial score (nSPS) is 17.2. The summed E-state index contributed by atoms with van der Waals surface area (Å²) in [5, 5.41) is 9.55. The van der Waals surface area contributed by atoms with E-state index >= 15 is 0 Å². The Labute approximate surface area is 148 Å². The monoisotopic (exact) mass is 348 g/mol. The maximum atomic E-state index is 4.51. The predicted molar refractivity (Wildman–Crippen MR) is 98.7 cm³/mol. The van der Waals surface area contributed by atoms with Crippen LogP contribution in [0, 0.1) is 13.8 Å². The van der Waals surface area contributed by atoms with Crippen molar-refractivity contribution in [3.8, 4) is 0 Å². The highest BCUT2D eigenvalue weighted by atomic mass is 32.2. The van der Waals surface area contributed by atoms with Gasteiger partial charge in [-0.3, -0.25) is 9.30 Å². The van der Waals surface area contributed by atoms with Gasteiger partial charge < -0.3 is 4.90 Å². The van der Waals surface area contributed by atoms with E-state index < -0.39 is 0 Å². The van der Waals surface area contributed by atoms with Crippen molar-refractivity contribution in [1.82, 2.24) is 29.4 Å². The molecule has 0 aliphatic carbocycles. The third kappa shape index (κ3) is 4.07. The van der Waals surface area contributed by atoms with Crippen molar-refractivity contribution in [2.75, 3.05) is 38.5 Å². The van der Waals surface area contributed by atoms with Crippen LogP contribution in [0.2, 0.25) is 0 Å². The highest BCUT2D eigenvalue weighted by molar-refractivity contribution is 7.99. The summed E-state index contributed by atoms with van der Waals surface area (Å²) in [7, 11) is 0. The molecule has 0 N–H and O–H groups in total. The molecule has 0 unspecified atom stereocenters. The lowest BCUT2D eigenvalue weighted by Crippen LogP contribution is -2.48. The molecular weight excluding hydrogens is 320 g/mol. The number of aryl methyl sites for hydroxylation is 2. The van der Waals surface area contributed by atoms with Gasteiger partial charge in [0.2, 0.25) is 0 Å². The SMILES string of the molecule is Cc1cc2nnc(SCCCN3CCN(C(C)C)CC3)n2c(C)n1. The number of hydrogen-bond donors (Lipinski definition) is 0. The van der Waals surface area contributed by atoms with Gasteiger partial charge in [-0.25, -0.2) is 4.98 Å². The smallest absolute Gasteiger partial charge is 0.197 e. The molecule has 1 aliphatic heterocycles. The predicted octanol–water partition coefficient (Wildman–Crippen LogP) is 2.25. The highest BCUT2D eigenvalue weighted by Gasteiger charge is 2.18. The molecule has 1 aliphatic rings. The van der Waals surface area contributed by atoms with Gasteiger partial charge in [0, 0.05) is 49.7 Å². The number of hydrogen-bond acceptors (Lipinski definition) is 6. The Balaban J connectivity index is 1.46. The van der Waals surface area contributed by atoms with E-state index in [4.69, 9.17) is 0 Å². The molecular formula is C17H28N6S. The van der Waals surface area contributed by atoms with Gasteiger partial charge in [-0.2, -0.15) is 0 Å². The maximum absolute atomic E-state index is 4.51. The van der Waals surface area contributed by atoms with E-state index in [1.807, 2.05) is 19.9 Å². The molecule has 6 nitrogen and oxygen atoms in total. The second-order valence-electron chi connectivity index (χ2n) is 6.79. The van der Waals surface area contributed by atoms with Crippen LogP contribution in [0.1, 0.15) is 31.8 Å². The van der Waals surface area contributed by atoms with Crippen molar-refractivity contribution >= 4 is 17.4 Å². The van der Waals surface area contributed by atoms with Crippen LogP contribution in [-0.4, -0.2) is 73.9 Å². The lowest BCUT2D eigenvalue weighted by Gasteiger charge is -2.36. The van der Waals surface area contributed by atoms with E-state index in [1.54, 1.807) is 11.8 Å². The summed E-state index contributed by atoms with van der Waals surface area (Å²) in [6, 6.07) is 2.66. The van der Waals surface area contributed by atoms with Crippen molar-refractivity contribution in [1.29, 1.82) is 0 Å². The summed E-state index contributed by atoms with van der Waals surface area (Å²) in [5.41, 5.74) is 1.89. The van der Waals surface area contributed by atoms with Crippen LogP contribution in [-0.2, 0) is 0 Å². The Kier molecular flexibility index (Phi) is 5.73. The zero-order valence-corrected chi connectivity index (χ0v) is 16.0. The highest BCUT2D eigenvalue weighted by Crippen LogP contribution is 2.19. The third-order valence-corrected chi connectivity index (χ3v) is 5.66. The fraction of sp³-hybridized carbons (Fsp3) is 0.706. The maximum Gasteiger partial charge on any atom is 0.197 e. The molecule has 7 heteroatoms. The number of rotatable bonds is 6. The average Bonchev–Trinajstić information content (AvgIpc) is 2.95. The van der Waals surface area contributed by atoms with E-state index in [1.165, 1.54) is 39.1 Å². The van der Waals surface area contributed by atoms with E-state index in [2.05, 4.69) is 43.2 Å². The summed E-state index contributed by atoms with van der Waals surface area (Å²) in [6.45, 7) is 14.5. The topological polar surface area (TPSA) is 49.6 Å². The number of nitrogens with zero attached hydrogens (tertiary/aromatic N) is 6. The fourth-order valence-electron chi connectivity index (χ4n) is 3.25. The number of thioether (sulfide) groups is 1. The summed E-state index contributed by atoms with van der Waals surface area (Å²) >= 11 is 1.78. The van der Waals surface area contributed by atoms with Gasteiger partial charge in [0.1, 0.15) is 5.82 Å². The molecule has 0 atom stereocenters. The Hall–Kier alpha value is -1.18. The Morgan fingerprint density at radius 3 is 2.58 bits per heavy atom. The lowest BCUT2D eigenvalue weighted by molar-refractivity contribution is 0.109. The zero-order chi connectivity index (χ0) is 17.1. The van der Waals surface area contributed by atoms with Crippen LogP contribution in [0.4, 0.5) is 0 Å². The van der Waals surface area contributed by atoms with Crippen LogP contribution >= 0.6 is 11.8 Å². The first-order valence-electron chi connectivity index (χ1n) is 8.83. The molecule has 3 rings (SSSR count). The summed E-state index contributed by atoms with van der Waals surface area (Å²) < 4.78 is 2.05. The van der Waals surface area contributed by atoms with Gasteiger partial charge in [0.15, 0.2) is 10.8 Å². The minimum Gasteiger partial charge on any atom is -0.301 e. The summed E-state index contributed by atoms with van der Waals surface area (Å²) in [5.74, 6) is 2.03. The first-order valence-corrected chi connectivity index (χ1v) is 9.82. The Morgan fingerprint density at radius 1 is 1.12 bits per heavy atom. The van der Waals surface area contributed by atoms with Gasteiger partial charge >= 0.3 is 0 Å². The standard InChI is InChI=1S/C17H28N6S/c1-13(2)22-9-7-21(8-10-22)6-5-11-24-17-20-19-16-12-14(3)18-15(4)23(16)17/h12-13H,5-11H2,1-4H3. The summed E-state index contributed by atoms with van der Waals surface area (Å²) in [4.78, 5) is 9.66. The molecule has 0 saturated carbocycles. The molecule has 0 amide bonds. The summed E-state index contributed by atoms with van der Waals surface area (Å²) in [6.07, 6.45) is 1.18. The number of piperazine rings is 1. The largest absolute Gasteiger partial charge is 0.301 e. The van der Waals surface area contributed by atoms with Crippen molar-refractivity contribution in [2.24, 2.45) is 0 Å². The van der Waals surface area contributed by atoms with Crippen molar-refractivity contribution in [3.63, 3.8) is 0 Å². The number of aromatic nitrogens is 4. The van der Waals surface area contributed by atoms with Crippen molar-refractivity contribution in [2.45, 2.75) is 45.3 Å². The molecule has 0 bridgehead atoms. The van der Waals surface area contributed by atoms with Crippen LogP contribution in [0.3, 0.4) is 0 Å². The van der Waals surface area contributed by atoms with Gasteiger partial charge in [-0.15, -0.1) is 10.2 Å². The molecule has 0 aromatic carbocycles. The molecule has 24 heavy (non-hydrogen) atoms. The van der Waals surface area contributed by atoms with E-state index in [-0.39, 0.29) is 0 Å². The van der Waals surface area contributed by atoms with Crippen LogP contribution in [0.15, 0.2) is 11.2 Å². The van der Waals surface area contributed by atoms with Crippen LogP contribution in [0.25, 0.3) is 5.65 Å². The fourth-order valence-corrected chi connectivity index (χ4v) is 4.16. The van der Waals surface area contributed by atoms with Gasteiger partial charge in [0.25, 0.3) is 0 Å². The van der Waals surface area contributed by atoms with Crippen molar-refractivity contribution in [3.05, 3.63) is 17.6 Å². The molecule has 0 spiro atoms. The van der Waals surface area contributed by atoms with Crippen LogP contribution < -0.4 is 0 Å². The quantitative estimate of drug-likeness (QED) is 0.589. The Morgan fingerprint density at radius 2 is 1.88 bits per heavy atom. The molecule has 2 aromatic heterocycles. The Bertz CT molecular complexity index is 675. The number of fused-ring (bicyclic) bond motifs is 1. The van der Waals surface area contributed by atoms with Crippen molar-refractivity contribution < 1.29 is 0 Å².